The first-order valence-corrected chi connectivity index (χ1v) is 8.68. The summed E-state index contributed by atoms with van der Waals surface area (Å²) < 4.78 is 12.8. The highest BCUT2D eigenvalue weighted by Crippen LogP contribution is 2.23. The minimum Gasteiger partial charge on any atom is -0.376 e. The molecule has 134 valence electrons. The fourth-order valence-corrected chi connectivity index (χ4v) is 2.94. The lowest BCUT2D eigenvalue weighted by atomic mass is 10.0. The van der Waals surface area contributed by atoms with Gasteiger partial charge < -0.3 is 14.8 Å². The van der Waals surface area contributed by atoms with E-state index in [2.05, 4.69) is 24.3 Å². The van der Waals surface area contributed by atoms with Crippen molar-refractivity contribution in [3.05, 3.63) is 47.3 Å². The maximum absolute atomic E-state index is 12.7. The summed E-state index contributed by atoms with van der Waals surface area (Å²) in [5, 5.41) is 7.39. The van der Waals surface area contributed by atoms with E-state index in [1.54, 1.807) is 6.20 Å². The lowest BCUT2D eigenvalue weighted by molar-refractivity contribution is -0.0855. The standard InChI is InChI=1S/C19H25N3O3/c1-13(2)18-17(19(23)20-10-16-12-24-8-9-25-16)11-21-22(18)15-6-4-14(3)5-7-15/h4-7,11,13,16H,8-10,12H2,1-3H3,(H,20,23). The Balaban J connectivity index is 1.78. The Kier molecular flexibility index (Phi) is 5.50. The van der Waals surface area contributed by atoms with Gasteiger partial charge >= 0.3 is 0 Å². The van der Waals surface area contributed by atoms with E-state index >= 15 is 0 Å². The molecule has 0 saturated carbocycles. The SMILES string of the molecule is Cc1ccc(-n2ncc(C(=O)NCC3COCCO3)c2C(C)C)cc1. The largest absolute Gasteiger partial charge is 0.376 e. The Morgan fingerprint density at radius 2 is 2.08 bits per heavy atom. The van der Waals surface area contributed by atoms with Crippen LogP contribution >= 0.6 is 0 Å². The van der Waals surface area contributed by atoms with E-state index in [1.165, 1.54) is 5.56 Å². The minimum absolute atomic E-state index is 0.0904. The van der Waals surface area contributed by atoms with Gasteiger partial charge in [0.05, 0.1) is 49.1 Å². The fourth-order valence-electron chi connectivity index (χ4n) is 2.94. The van der Waals surface area contributed by atoms with Crippen molar-refractivity contribution in [3.63, 3.8) is 0 Å². The van der Waals surface area contributed by atoms with Crippen LogP contribution in [0.2, 0.25) is 0 Å². The molecule has 1 atom stereocenters. The maximum Gasteiger partial charge on any atom is 0.254 e. The average Bonchev–Trinajstić information content (AvgIpc) is 3.06. The van der Waals surface area contributed by atoms with E-state index in [-0.39, 0.29) is 17.9 Å². The molecule has 0 spiro atoms. The Morgan fingerprint density at radius 1 is 1.32 bits per heavy atom. The van der Waals surface area contributed by atoms with Gasteiger partial charge in [0.1, 0.15) is 0 Å². The normalized spacial score (nSPS) is 17.7. The van der Waals surface area contributed by atoms with Crippen molar-refractivity contribution in [2.45, 2.75) is 32.8 Å². The van der Waals surface area contributed by atoms with Crippen molar-refractivity contribution >= 4 is 5.91 Å². The summed E-state index contributed by atoms with van der Waals surface area (Å²) in [5.41, 5.74) is 3.65. The van der Waals surface area contributed by atoms with Gasteiger partial charge in [0.25, 0.3) is 5.91 Å². The number of aromatic nitrogens is 2. The van der Waals surface area contributed by atoms with E-state index < -0.39 is 0 Å². The van der Waals surface area contributed by atoms with Crippen LogP contribution in [0.15, 0.2) is 30.5 Å². The summed E-state index contributed by atoms with van der Waals surface area (Å²) in [5.74, 6) is 0.0371. The van der Waals surface area contributed by atoms with Crippen LogP contribution in [0, 0.1) is 6.92 Å². The van der Waals surface area contributed by atoms with E-state index in [1.807, 2.05) is 35.9 Å². The van der Waals surface area contributed by atoms with Crippen LogP contribution in [-0.4, -0.2) is 48.2 Å². The number of benzene rings is 1. The molecule has 1 aromatic carbocycles. The van der Waals surface area contributed by atoms with Gasteiger partial charge in [-0.05, 0) is 25.0 Å². The highest BCUT2D eigenvalue weighted by atomic mass is 16.6. The van der Waals surface area contributed by atoms with Gasteiger partial charge in [-0.2, -0.15) is 5.10 Å². The van der Waals surface area contributed by atoms with Crippen LogP contribution < -0.4 is 5.32 Å². The van der Waals surface area contributed by atoms with Crippen molar-refractivity contribution in [2.24, 2.45) is 0 Å². The van der Waals surface area contributed by atoms with Gasteiger partial charge in [0.15, 0.2) is 0 Å². The van der Waals surface area contributed by atoms with Crippen molar-refractivity contribution in [2.75, 3.05) is 26.4 Å². The third kappa shape index (κ3) is 4.08. The zero-order valence-electron chi connectivity index (χ0n) is 15.0. The van der Waals surface area contributed by atoms with Gasteiger partial charge in [0.2, 0.25) is 0 Å². The van der Waals surface area contributed by atoms with Crippen LogP contribution in [-0.2, 0) is 9.47 Å². The monoisotopic (exact) mass is 343 g/mol. The Hall–Kier alpha value is -2.18. The molecule has 1 aromatic heterocycles. The topological polar surface area (TPSA) is 65.4 Å². The molecule has 25 heavy (non-hydrogen) atoms. The lowest BCUT2D eigenvalue weighted by Crippen LogP contribution is -2.39. The van der Waals surface area contributed by atoms with Crippen molar-refractivity contribution < 1.29 is 14.3 Å². The number of nitrogens with one attached hydrogen (secondary N) is 1. The lowest BCUT2D eigenvalue weighted by Gasteiger charge is -2.23. The molecular formula is C19H25N3O3. The molecule has 1 aliphatic heterocycles. The second-order valence-corrected chi connectivity index (χ2v) is 6.62. The fraction of sp³-hybridized carbons (Fsp3) is 0.474. The number of ether oxygens (including phenoxy) is 2. The van der Waals surface area contributed by atoms with E-state index in [0.717, 1.165) is 11.4 Å². The summed E-state index contributed by atoms with van der Waals surface area (Å²) in [6.07, 6.45) is 1.55. The predicted molar refractivity (Wildman–Crippen MR) is 95.3 cm³/mol. The minimum atomic E-state index is -0.128. The molecule has 2 heterocycles. The number of nitrogens with zero attached hydrogens (tertiary/aromatic N) is 2. The number of hydrogen-bond acceptors (Lipinski definition) is 4. The van der Waals surface area contributed by atoms with Gasteiger partial charge in [-0.25, -0.2) is 4.68 Å². The Labute approximate surface area is 148 Å². The Morgan fingerprint density at radius 3 is 2.72 bits per heavy atom. The van der Waals surface area contributed by atoms with Crippen LogP contribution in [0.4, 0.5) is 0 Å². The molecule has 0 radical (unpaired) electrons. The molecule has 6 heteroatoms. The zero-order chi connectivity index (χ0) is 17.8. The quantitative estimate of drug-likeness (QED) is 0.906. The summed E-state index contributed by atoms with van der Waals surface area (Å²) in [6, 6.07) is 8.12. The summed E-state index contributed by atoms with van der Waals surface area (Å²) in [4.78, 5) is 12.7. The molecule has 2 aromatic rings. The van der Waals surface area contributed by atoms with Crippen LogP contribution in [0.1, 0.15) is 41.4 Å². The van der Waals surface area contributed by atoms with Gasteiger partial charge in [-0.15, -0.1) is 0 Å². The third-order valence-electron chi connectivity index (χ3n) is 4.25. The smallest absolute Gasteiger partial charge is 0.254 e. The molecule has 6 nitrogen and oxygen atoms in total. The number of carbonyl (C=O) groups excluding carboxylic acids is 1. The van der Waals surface area contributed by atoms with E-state index in [0.29, 0.717) is 31.9 Å². The molecular weight excluding hydrogens is 318 g/mol. The van der Waals surface area contributed by atoms with Crippen molar-refractivity contribution in [1.29, 1.82) is 0 Å². The number of amides is 1. The highest BCUT2D eigenvalue weighted by Gasteiger charge is 2.22. The van der Waals surface area contributed by atoms with E-state index in [9.17, 15) is 4.79 Å². The van der Waals surface area contributed by atoms with Gasteiger partial charge in [-0.3, -0.25) is 4.79 Å². The summed E-state index contributed by atoms with van der Waals surface area (Å²) >= 11 is 0. The number of aryl methyl sites for hydroxylation is 1. The van der Waals surface area contributed by atoms with Gasteiger partial charge in [0, 0.05) is 6.54 Å². The predicted octanol–water partition coefficient (Wildman–Crippen LogP) is 2.45. The Bertz CT molecular complexity index is 716. The maximum atomic E-state index is 12.7. The highest BCUT2D eigenvalue weighted by molar-refractivity contribution is 5.95. The molecule has 3 rings (SSSR count). The van der Waals surface area contributed by atoms with Crippen LogP contribution in [0.5, 0.6) is 0 Å². The molecule has 1 fully saturated rings. The second-order valence-electron chi connectivity index (χ2n) is 6.62. The molecule has 1 amide bonds. The number of rotatable bonds is 5. The molecule has 1 saturated heterocycles. The zero-order valence-corrected chi connectivity index (χ0v) is 15.0. The average molecular weight is 343 g/mol. The first kappa shape index (κ1) is 17.6. The molecule has 1 unspecified atom stereocenters. The van der Waals surface area contributed by atoms with Crippen LogP contribution in [0.25, 0.3) is 5.69 Å². The third-order valence-corrected chi connectivity index (χ3v) is 4.25. The second kappa shape index (κ2) is 7.80. The summed E-state index contributed by atoms with van der Waals surface area (Å²) in [7, 11) is 0. The number of carbonyl (C=O) groups is 1. The van der Waals surface area contributed by atoms with Gasteiger partial charge in [-0.1, -0.05) is 31.5 Å². The molecule has 0 bridgehead atoms. The molecule has 1 aliphatic rings. The first-order valence-electron chi connectivity index (χ1n) is 8.68. The summed E-state index contributed by atoms with van der Waals surface area (Å²) in [6.45, 7) is 8.32. The molecule has 0 aliphatic carbocycles. The number of hydrogen-bond donors (Lipinski definition) is 1. The van der Waals surface area contributed by atoms with E-state index in [4.69, 9.17) is 9.47 Å². The molecule has 1 N–H and O–H groups in total. The van der Waals surface area contributed by atoms with Crippen molar-refractivity contribution in [3.8, 4) is 5.69 Å². The first-order chi connectivity index (χ1) is 12.1. The van der Waals surface area contributed by atoms with Crippen molar-refractivity contribution in [1.82, 2.24) is 15.1 Å². The van der Waals surface area contributed by atoms with Crippen LogP contribution in [0.3, 0.4) is 0 Å².